The Morgan fingerprint density at radius 2 is 2.25 bits per heavy atom. The third-order valence-corrected chi connectivity index (χ3v) is 3.92. The highest BCUT2D eigenvalue weighted by atomic mass is 127. The molecule has 0 aliphatic heterocycles. The van der Waals surface area contributed by atoms with Gasteiger partial charge in [-0.1, -0.05) is 0 Å². The lowest BCUT2D eigenvalue weighted by Crippen LogP contribution is -1.90. The summed E-state index contributed by atoms with van der Waals surface area (Å²) in [4.78, 5) is 11.7. The maximum absolute atomic E-state index is 11.0. The van der Waals surface area contributed by atoms with Crippen molar-refractivity contribution in [2.24, 2.45) is 0 Å². The number of ketones is 1. The molecule has 0 bridgehead atoms. The van der Waals surface area contributed by atoms with Gasteiger partial charge >= 0.3 is 0 Å². The van der Waals surface area contributed by atoms with Gasteiger partial charge in [0.1, 0.15) is 6.07 Å². The second-order valence-corrected chi connectivity index (χ2v) is 5.20. The predicted molar refractivity (Wildman–Crippen MR) is 56.5 cm³/mol. The smallest absolute Gasteiger partial charge is 0.170 e. The Morgan fingerprint density at radius 3 is 2.50 bits per heavy atom. The molecule has 0 unspecified atom stereocenters. The van der Waals surface area contributed by atoms with Crippen LogP contribution in [-0.4, -0.2) is 5.78 Å². The first-order chi connectivity index (χ1) is 5.57. The van der Waals surface area contributed by atoms with Crippen molar-refractivity contribution in [3.8, 4) is 6.07 Å². The third kappa shape index (κ3) is 1.52. The van der Waals surface area contributed by atoms with Crippen molar-refractivity contribution in [1.29, 1.82) is 5.26 Å². The molecular formula is C8H6INOS. The molecule has 0 fully saturated rings. The van der Waals surface area contributed by atoms with Crippen LogP contribution in [0, 0.1) is 21.1 Å². The van der Waals surface area contributed by atoms with Crippen molar-refractivity contribution in [2.45, 2.75) is 13.8 Å². The molecule has 62 valence electrons. The maximum atomic E-state index is 11.0. The van der Waals surface area contributed by atoms with Crippen LogP contribution in [0.25, 0.3) is 0 Å². The summed E-state index contributed by atoms with van der Waals surface area (Å²) in [5.41, 5.74) is 1.46. The zero-order valence-electron chi connectivity index (χ0n) is 6.64. The topological polar surface area (TPSA) is 40.9 Å². The lowest BCUT2D eigenvalue weighted by Gasteiger charge is -1.89. The zero-order chi connectivity index (χ0) is 9.30. The molecular weight excluding hydrogens is 285 g/mol. The highest BCUT2D eigenvalue weighted by molar-refractivity contribution is 14.1. The average Bonchev–Trinajstić information content (AvgIpc) is 2.27. The SMILES string of the molecule is CC(=O)c1sc(I)c(C#N)c1C. The molecule has 4 heteroatoms. The molecule has 0 saturated heterocycles. The van der Waals surface area contributed by atoms with Crippen molar-refractivity contribution >= 4 is 39.7 Å². The summed E-state index contributed by atoms with van der Waals surface area (Å²) >= 11 is 3.47. The number of nitriles is 1. The normalized spacial score (nSPS) is 9.50. The predicted octanol–water partition coefficient (Wildman–Crippen LogP) is 2.74. The Bertz CT molecular complexity index is 375. The van der Waals surface area contributed by atoms with E-state index in [0.717, 1.165) is 8.45 Å². The monoisotopic (exact) mass is 291 g/mol. The van der Waals surface area contributed by atoms with Crippen LogP contribution in [0.3, 0.4) is 0 Å². The molecule has 1 rings (SSSR count). The Hall–Kier alpha value is -0.410. The molecule has 0 atom stereocenters. The van der Waals surface area contributed by atoms with E-state index in [-0.39, 0.29) is 5.78 Å². The molecule has 0 saturated carbocycles. The molecule has 0 aliphatic carbocycles. The summed E-state index contributed by atoms with van der Waals surface area (Å²) < 4.78 is 0.901. The molecule has 0 amide bonds. The number of nitrogens with zero attached hydrogens (tertiary/aromatic N) is 1. The molecule has 12 heavy (non-hydrogen) atoms. The van der Waals surface area contributed by atoms with Crippen LogP contribution < -0.4 is 0 Å². The summed E-state index contributed by atoms with van der Waals surface area (Å²) in [6, 6.07) is 2.09. The van der Waals surface area contributed by atoms with Crippen LogP contribution in [-0.2, 0) is 0 Å². The Kier molecular flexibility index (Phi) is 2.85. The van der Waals surface area contributed by atoms with Crippen LogP contribution >= 0.6 is 33.9 Å². The van der Waals surface area contributed by atoms with Crippen LogP contribution in [0.5, 0.6) is 0 Å². The second kappa shape index (κ2) is 3.54. The quantitative estimate of drug-likeness (QED) is 0.589. The fourth-order valence-electron chi connectivity index (χ4n) is 0.942. The van der Waals surface area contributed by atoms with Crippen LogP contribution in [0.4, 0.5) is 0 Å². The molecule has 1 aromatic heterocycles. The average molecular weight is 291 g/mol. The number of hydrogen-bond acceptors (Lipinski definition) is 3. The number of halogens is 1. The number of hydrogen-bond donors (Lipinski definition) is 0. The van der Waals surface area contributed by atoms with Gasteiger partial charge in [0, 0.05) is 0 Å². The fourth-order valence-corrected chi connectivity index (χ4v) is 3.01. The van der Waals surface area contributed by atoms with Gasteiger partial charge in [0.25, 0.3) is 0 Å². The standard InChI is InChI=1S/C8H6INOS/c1-4-6(3-10)8(9)12-7(4)5(2)11/h1-2H3. The molecule has 0 aliphatic rings. The first kappa shape index (κ1) is 9.68. The fraction of sp³-hybridized carbons (Fsp3) is 0.250. The van der Waals surface area contributed by atoms with Gasteiger partial charge in [0.2, 0.25) is 0 Å². The summed E-state index contributed by atoms with van der Waals surface area (Å²) in [7, 11) is 0. The van der Waals surface area contributed by atoms with E-state index in [2.05, 4.69) is 28.7 Å². The van der Waals surface area contributed by atoms with Gasteiger partial charge in [-0.2, -0.15) is 5.26 Å². The van der Waals surface area contributed by atoms with E-state index < -0.39 is 0 Å². The Labute approximate surface area is 88.3 Å². The van der Waals surface area contributed by atoms with Gasteiger partial charge in [-0.25, -0.2) is 0 Å². The molecule has 0 radical (unpaired) electrons. The van der Waals surface area contributed by atoms with Crippen molar-refractivity contribution < 1.29 is 4.79 Å². The minimum atomic E-state index is 0.0388. The largest absolute Gasteiger partial charge is 0.294 e. The summed E-state index contributed by atoms with van der Waals surface area (Å²) in [6.45, 7) is 3.34. The van der Waals surface area contributed by atoms with Crippen LogP contribution in [0.2, 0.25) is 0 Å². The van der Waals surface area contributed by atoms with E-state index in [1.54, 1.807) is 0 Å². The van der Waals surface area contributed by atoms with E-state index in [4.69, 9.17) is 5.26 Å². The van der Waals surface area contributed by atoms with E-state index in [0.29, 0.717) is 10.4 Å². The van der Waals surface area contributed by atoms with Gasteiger partial charge < -0.3 is 0 Å². The number of thiophene rings is 1. The van der Waals surface area contributed by atoms with Crippen molar-refractivity contribution in [3.05, 3.63) is 18.9 Å². The Morgan fingerprint density at radius 1 is 1.67 bits per heavy atom. The number of carbonyl (C=O) groups excluding carboxylic acids is 1. The lowest BCUT2D eigenvalue weighted by atomic mass is 10.1. The molecule has 1 aromatic rings. The van der Waals surface area contributed by atoms with Crippen molar-refractivity contribution in [3.63, 3.8) is 0 Å². The molecule has 1 heterocycles. The minimum Gasteiger partial charge on any atom is -0.294 e. The van der Waals surface area contributed by atoms with Gasteiger partial charge in [-0.3, -0.25) is 4.79 Å². The second-order valence-electron chi connectivity index (χ2n) is 2.37. The third-order valence-electron chi connectivity index (χ3n) is 1.54. The summed E-state index contributed by atoms with van der Waals surface area (Å²) in [5.74, 6) is 0.0388. The zero-order valence-corrected chi connectivity index (χ0v) is 9.62. The van der Waals surface area contributed by atoms with E-state index >= 15 is 0 Å². The molecule has 0 spiro atoms. The molecule has 0 N–H and O–H groups in total. The minimum absolute atomic E-state index is 0.0388. The van der Waals surface area contributed by atoms with Gasteiger partial charge in [0.05, 0.1) is 13.3 Å². The lowest BCUT2D eigenvalue weighted by molar-refractivity contribution is 0.102. The Balaban J connectivity index is 3.39. The summed E-state index contributed by atoms with van der Waals surface area (Å²) in [5, 5.41) is 8.73. The first-order valence-electron chi connectivity index (χ1n) is 3.27. The highest BCUT2D eigenvalue weighted by Crippen LogP contribution is 2.28. The number of carbonyl (C=O) groups is 1. The van der Waals surface area contributed by atoms with Gasteiger partial charge in [0.15, 0.2) is 5.78 Å². The van der Waals surface area contributed by atoms with E-state index in [1.807, 2.05) is 6.92 Å². The van der Waals surface area contributed by atoms with E-state index in [1.165, 1.54) is 18.3 Å². The van der Waals surface area contributed by atoms with Crippen LogP contribution in [0.15, 0.2) is 0 Å². The number of Topliss-reactive ketones (excluding diaryl/α,β-unsaturated/α-hetero) is 1. The van der Waals surface area contributed by atoms with Crippen molar-refractivity contribution in [1.82, 2.24) is 0 Å². The van der Waals surface area contributed by atoms with Gasteiger partial charge in [-0.15, -0.1) is 11.3 Å². The highest BCUT2D eigenvalue weighted by Gasteiger charge is 2.15. The molecule has 2 nitrogen and oxygen atoms in total. The van der Waals surface area contributed by atoms with Gasteiger partial charge in [-0.05, 0) is 42.0 Å². The van der Waals surface area contributed by atoms with Crippen molar-refractivity contribution in [2.75, 3.05) is 0 Å². The first-order valence-corrected chi connectivity index (χ1v) is 5.17. The van der Waals surface area contributed by atoms with Crippen LogP contribution in [0.1, 0.15) is 27.7 Å². The molecule has 0 aromatic carbocycles. The maximum Gasteiger partial charge on any atom is 0.170 e. The number of rotatable bonds is 1. The van der Waals surface area contributed by atoms with E-state index in [9.17, 15) is 4.79 Å². The summed E-state index contributed by atoms with van der Waals surface area (Å²) in [6.07, 6.45) is 0.